The largest absolute Gasteiger partial charge is 0.399 e. The van der Waals surface area contributed by atoms with Crippen molar-refractivity contribution in [3.8, 4) is 0 Å². The fourth-order valence-electron chi connectivity index (χ4n) is 1.83. The van der Waals surface area contributed by atoms with E-state index in [9.17, 15) is 8.78 Å². The number of nitrogens with one attached hydrogen (secondary N) is 1. The number of hydrogen-bond acceptors (Lipinski definition) is 4. The quantitative estimate of drug-likeness (QED) is 0.807. The number of thiazole rings is 1. The van der Waals surface area contributed by atoms with Gasteiger partial charge in [0.2, 0.25) is 0 Å². The van der Waals surface area contributed by atoms with Crippen LogP contribution in [0.4, 0.5) is 20.2 Å². The van der Waals surface area contributed by atoms with E-state index in [2.05, 4.69) is 10.3 Å². The van der Waals surface area contributed by atoms with Crippen molar-refractivity contribution in [3.05, 3.63) is 40.3 Å². The lowest BCUT2D eigenvalue weighted by Gasteiger charge is -2.19. The Morgan fingerprint density at radius 2 is 2.21 bits per heavy atom. The molecule has 19 heavy (non-hydrogen) atoms. The number of halogens is 2. The molecule has 0 aliphatic heterocycles. The van der Waals surface area contributed by atoms with Crippen molar-refractivity contribution < 1.29 is 8.78 Å². The summed E-state index contributed by atoms with van der Waals surface area (Å²) in [6.07, 6.45) is -0.0816. The number of rotatable bonds is 5. The molecule has 3 nitrogen and oxygen atoms in total. The Kier molecular flexibility index (Phi) is 4.31. The van der Waals surface area contributed by atoms with E-state index in [1.807, 2.05) is 12.3 Å². The Balaban J connectivity index is 2.27. The van der Waals surface area contributed by atoms with Gasteiger partial charge in [0.1, 0.15) is 5.01 Å². The number of nitrogen functional groups attached to an aromatic ring is 1. The maximum atomic E-state index is 13.0. The molecule has 1 heterocycles. The summed E-state index contributed by atoms with van der Waals surface area (Å²) >= 11 is 1.51. The van der Waals surface area contributed by atoms with E-state index < -0.39 is 6.43 Å². The van der Waals surface area contributed by atoms with E-state index in [4.69, 9.17) is 5.73 Å². The van der Waals surface area contributed by atoms with Crippen LogP contribution in [0, 0.1) is 0 Å². The second-order valence-corrected chi connectivity index (χ2v) is 5.05. The maximum Gasteiger partial charge on any atom is 0.265 e. The van der Waals surface area contributed by atoms with Crippen LogP contribution in [-0.2, 0) is 0 Å². The van der Waals surface area contributed by atoms with E-state index in [0.29, 0.717) is 11.4 Å². The van der Waals surface area contributed by atoms with E-state index in [0.717, 1.165) is 11.4 Å². The molecule has 0 saturated heterocycles. The topological polar surface area (TPSA) is 50.9 Å². The highest BCUT2D eigenvalue weighted by Crippen LogP contribution is 2.32. The molecule has 0 aliphatic carbocycles. The lowest BCUT2D eigenvalue weighted by molar-refractivity contribution is 0.152. The van der Waals surface area contributed by atoms with Crippen LogP contribution in [0.25, 0.3) is 0 Å². The van der Waals surface area contributed by atoms with Crippen LogP contribution in [0.5, 0.6) is 0 Å². The molecule has 2 rings (SSSR count). The minimum Gasteiger partial charge on any atom is -0.399 e. The number of benzene rings is 1. The summed E-state index contributed by atoms with van der Waals surface area (Å²) in [7, 11) is 0. The lowest BCUT2D eigenvalue weighted by atomic mass is 10.1. The Morgan fingerprint density at radius 1 is 1.42 bits per heavy atom. The molecule has 6 heteroatoms. The van der Waals surface area contributed by atoms with Crippen molar-refractivity contribution >= 4 is 22.7 Å². The highest BCUT2D eigenvalue weighted by Gasteiger charge is 2.17. The third-order valence-corrected chi connectivity index (χ3v) is 3.69. The Hall–Kier alpha value is -1.69. The van der Waals surface area contributed by atoms with Gasteiger partial charge >= 0.3 is 0 Å². The molecular weight excluding hydrogens is 268 g/mol. The van der Waals surface area contributed by atoms with E-state index in [1.54, 1.807) is 18.3 Å². The first-order valence-electron chi connectivity index (χ1n) is 5.95. The zero-order valence-electron chi connectivity index (χ0n) is 10.4. The SMILES string of the molecule is CCC(Nc1ccc(N)cc1C(F)F)c1nccs1. The average molecular weight is 283 g/mol. The van der Waals surface area contributed by atoms with Gasteiger partial charge in [-0.05, 0) is 24.6 Å². The number of aromatic nitrogens is 1. The summed E-state index contributed by atoms with van der Waals surface area (Å²) in [5.74, 6) is 0. The van der Waals surface area contributed by atoms with Crippen molar-refractivity contribution in [1.82, 2.24) is 4.98 Å². The van der Waals surface area contributed by atoms with Crippen LogP contribution < -0.4 is 11.1 Å². The van der Waals surface area contributed by atoms with Gasteiger partial charge < -0.3 is 11.1 Å². The monoisotopic (exact) mass is 283 g/mol. The van der Waals surface area contributed by atoms with Gasteiger partial charge in [-0.2, -0.15) is 0 Å². The molecule has 0 saturated carbocycles. The fourth-order valence-corrected chi connectivity index (χ4v) is 2.60. The van der Waals surface area contributed by atoms with Crippen molar-refractivity contribution in [2.24, 2.45) is 0 Å². The first kappa shape index (κ1) is 13.7. The van der Waals surface area contributed by atoms with Crippen LogP contribution in [0.3, 0.4) is 0 Å². The maximum absolute atomic E-state index is 13.0. The molecule has 0 aliphatic rings. The predicted molar refractivity (Wildman–Crippen MR) is 74.6 cm³/mol. The summed E-state index contributed by atoms with van der Waals surface area (Å²) in [5, 5.41) is 5.88. The standard InChI is InChI=1S/C13H15F2N3S/c1-2-10(13-17-5-6-19-13)18-11-4-3-8(16)7-9(11)12(14)15/h3-7,10,12,18H,2,16H2,1H3. The van der Waals surface area contributed by atoms with Gasteiger partial charge in [0.25, 0.3) is 6.43 Å². The summed E-state index contributed by atoms with van der Waals surface area (Å²) in [4.78, 5) is 4.22. The minimum atomic E-state index is -2.56. The normalized spacial score (nSPS) is 12.6. The summed E-state index contributed by atoms with van der Waals surface area (Å²) < 4.78 is 26.0. The van der Waals surface area contributed by atoms with Crippen LogP contribution in [0.1, 0.15) is 36.4 Å². The predicted octanol–water partition coefficient (Wildman–Crippen LogP) is 4.23. The Labute approximate surface area is 114 Å². The number of anilines is 2. The molecule has 0 radical (unpaired) electrons. The third kappa shape index (κ3) is 3.20. The van der Waals surface area contributed by atoms with E-state index >= 15 is 0 Å². The van der Waals surface area contributed by atoms with Gasteiger partial charge in [0.05, 0.1) is 6.04 Å². The van der Waals surface area contributed by atoms with Crippen molar-refractivity contribution in [1.29, 1.82) is 0 Å². The minimum absolute atomic E-state index is 0.0684. The summed E-state index contributed by atoms with van der Waals surface area (Å²) in [6, 6.07) is 4.44. The number of nitrogens with zero attached hydrogens (tertiary/aromatic N) is 1. The van der Waals surface area contributed by atoms with Crippen molar-refractivity contribution in [2.75, 3.05) is 11.1 Å². The first-order chi connectivity index (χ1) is 9.11. The Bertz CT molecular complexity index is 529. The Morgan fingerprint density at radius 3 is 2.79 bits per heavy atom. The highest BCUT2D eigenvalue weighted by atomic mass is 32.1. The zero-order chi connectivity index (χ0) is 13.8. The molecule has 1 aromatic heterocycles. The third-order valence-electron chi connectivity index (χ3n) is 2.80. The molecule has 0 bridgehead atoms. The smallest absolute Gasteiger partial charge is 0.265 e. The molecule has 0 spiro atoms. The van der Waals surface area contributed by atoms with Gasteiger partial charge in [-0.15, -0.1) is 11.3 Å². The molecule has 2 aromatic rings. The zero-order valence-corrected chi connectivity index (χ0v) is 11.3. The van der Waals surface area contributed by atoms with Gasteiger partial charge in [-0.25, -0.2) is 13.8 Å². The average Bonchev–Trinajstić information content (AvgIpc) is 2.90. The van der Waals surface area contributed by atoms with Crippen LogP contribution >= 0.6 is 11.3 Å². The summed E-state index contributed by atoms with van der Waals surface area (Å²) in [5.41, 5.74) is 6.22. The summed E-state index contributed by atoms with van der Waals surface area (Å²) in [6.45, 7) is 1.98. The van der Waals surface area contributed by atoms with Gasteiger partial charge in [-0.1, -0.05) is 6.92 Å². The van der Waals surface area contributed by atoms with Gasteiger partial charge in [-0.3, -0.25) is 0 Å². The van der Waals surface area contributed by atoms with E-state index in [-0.39, 0.29) is 11.6 Å². The number of alkyl halides is 2. The molecule has 1 unspecified atom stereocenters. The number of hydrogen-bond donors (Lipinski definition) is 2. The molecule has 0 fully saturated rings. The second-order valence-electron chi connectivity index (χ2n) is 4.12. The molecule has 3 N–H and O–H groups in total. The first-order valence-corrected chi connectivity index (χ1v) is 6.83. The molecule has 1 atom stereocenters. The van der Waals surface area contributed by atoms with Crippen molar-refractivity contribution in [2.45, 2.75) is 25.8 Å². The van der Waals surface area contributed by atoms with E-state index in [1.165, 1.54) is 17.4 Å². The second kappa shape index (κ2) is 5.97. The van der Waals surface area contributed by atoms with Crippen LogP contribution in [-0.4, -0.2) is 4.98 Å². The molecule has 102 valence electrons. The van der Waals surface area contributed by atoms with Gasteiger partial charge in [0.15, 0.2) is 0 Å². The van der Waals surface area contributed by atoms with Gasteiger partial charge in [0, 0.05) is 28.5 Å². The van der Waals surface area contributed by atoms with Crippen LogP contribution in [0.15, 0.2) is 29.8 Å². The molecule has 0 amide bonds. The van der Waals surface area contributed by atoms with Crippen LogP contribution in [0.2, 0.25) is 0 Å². The van der Waals surface area contributed by atoms with Crippen molar-refractivity contribution in [3.63, 3.8) is 0 Å². The highest BCUT2D eigenvalue weighted by molar-refractivity contribution is 7.09. The fraction of sp³-hybridized carbons (Fsp3) is 0.308. The number of nitrogens with two attached hydrogens (primary N) is 1. The lowest BCUT2D eigenvalue weighted by Crippen LogP contribution is -2.11. The molecule has 1 aromatic carbocycles. The molecular formula is C13H15F2N3S.